The summed E-state index contributed by atoms with van der Waals surface area (Å²) in [4.78, 5) is 12.9. The number of rotatable bonds is 12. The molecule has 11 heteroatoms. The maximum Gasteiger partial charge on any atom is 0.429 e. The highest BCUT2D eigenvalue weighted by Gasteiger charge is 2.71. The fourth-order valence-electron chi connectivity index (χ4n) is 7.29. The summed E-state index contributed by atoms with van der Waals surface area (Å²) in [6, 6.07) is 0. The number of halogens is 6. The van der Waals surface area contributed by atoms with E-state index < -0.39 is 71.1 Å². The standard InChI is InChI=1S/C30H52F6O3Si2/c1-25(2,38-40(5,6)7)17-12-18-26(3,24-16-15-22-23(37)14-11-20-27(22,24)4)19-13-21-28(29(31,32)33,30(34,35)36)39-41(8,9)10/h13,21-22,24H,11-12,14-20H2,1-10H3/t22?,24-,26?,27+/m1/s1/i1D3,2D3. The maximum absolute atomic E-state index is 14.3. The van der Waals surface area contributed by atoms with E-state index in [4.69, 9.17) is 17.1 Å². The van der Waals surface area contributed by atoms with Gasteiger partial charge in [0.25, 0.3) is 5.60 Å². The molecule has 0 spiro atoms. The molecule has 0 radical (unpaired) electrons. The van der Waals surface area contributed by atoms with Crippen molar-refractivity contribution in [2.45, 2.75) is 148 Å². The highest BCUT2D eigenvalue weighted by Crippen LogP contribution is 2.62. The van der Waals surface area contributed by atoms with Gasteiger partial charge in [-0.3, -0.25) is 4.79 Å². The average molecular weight is 637 g/mol. The molecule has 240 valence electrons. The minimum absolute atomic E-state index is 0.0358. The van der Waals surface area contributed by atoms with Crippen LogP contribution in [0.3, 0.4) is 0 Å². The average Bonchev–Trinajstić information content (AvgIpc) is 3.17. The van der Waals surface area contributed by atoms with Crippen LogP contribution in [0.1, 0.15) is 93.6 Å². The first-order valence-electron chi connectivity index (χ1n) is 17.4. The lowest BCUT2D eigenvalue weighted by Crippen LogP contribution is -2.61. The molecule has 0 aromatic heterocycles. The Morgan fingerprint density at radius 3 is 2.00 bits per heavy atom. The second-order valence-corrected chi connectivity index (χ2v) is 23.5. The van der Waals surface area contributed by atoms with Crippen molar-refractivity contribution in [3.63, 3.8) is 0 Å². The zero-order chi connectivity index (χ0) is 36.9. The number of alkyl halides is 6. The number of fused-ring (bicyclic) bond motifs is 1. The molecule has 0 amide bonds. The number of Topliss-reactive ketones (excluding diaryl/α,β-unsaturated/α-hetero) is 1. The molecular formula is C30H52F6O3Si2. The van der Waals surface area contributed by atoms with Gasteiger partial charge in [0.2, 0.25) is 0 Å². The van der Waals surface area contributed by atoms with Crippen LogP contribution in [-0.2, 0) is 13.6 Å². The zero-order valence-corrected chi connectivity index (χ0v) is 27.7. The fourth-order valence-corrected chi connectivity index (χ4v) is 9.70. The van der Waals surface area contributed by atoms with Crippen LogP contribution in [0, 0.1) is 22.7 Å². The maximum atomic E-state index is 14.3. The molecule has 0 saturated heterocycles. The Bertz CT molecular complexity index is 1120. The molecule has 2 fully saturated rings. The number of hydrogen-bond acceptors (Lipinski definition) is 3. The smallest absolute Gasteiger partial charge is 0.413 e. The van der Waals surface area contributed by atoms with Gasteiger partial charge in [0.1, 0.15) is 5.78 Å². The summed E-state index contributed by atoms with van der Waals surface area (Å²) in [6.45, 7) is 6.30. The SMILES string of the molecule is [2H]C([2H])([2H])C(CCCC(C)(CC=CC(O[Si](C)(C)C)(C(F)(F)F)C(F)(F)F)[C@H]1CCC2C(=O)CCC[C@@]21C)(O[Si](C)(C)C)C([2H])([2H])[2H]. The van der Waals surface area contributed by atoms with Crippen LogP contribution in [0.25, 0.3) is 0 Å². The third-order valence-electron chi connectivity index (χ3n) is 8.71. The van der Waals surface area contributed by atoms with E-state index >= 15 is 0 Å². The molecule has 2 rings (SSSR count). The molecule has 0 aliphatic heterocycles. The highest BCUT2D eigenvalue weighted by atomic mass is 28.4. The first kappa shape index (κ1) is 27.9. The summed E-state index contributed by atoms with van der Waals surface area (Å²) in [6.07, 6.45) is -8.65. The minimum atomic E-state index is -5.81. The van der Waals surface area contributed by atoms with Crippen LogP contribution in [-0.4, -0.2) is 46.0 Å². The third kappa shape index (κ3) is 8.72. The molecule has 2 saturated carbocycles. The van der Waals surface area contributed by atoms with Crippen LogP contribution in [0.4, 0.5) is 26.3 Å². The van der Waals surface area contributed by atoms with Crippen molar-refractivity contribution in [3.8, 4) is 0 Å². The molecule has 0 aromatic rings. The van der Waals surface area contributed by atoms with Crippen LogP contribution in [0.5, 0.6) is 0 Å². The fraction of sp³-hybridized carbons (Fsp3) is 0.900. The van der Waals surface area contributed by atoms with Gasteiger partial charge in [-0.15, -0.1) is 0 Å². The lowest BCUT2D eigenvalue weighted by molar-refractivity contribution is -0.340. The quantitative estimate of drug-likeness (QED) is 0.121. The van der Waals surface area contributed by atoms with E-state index in [0.717, 1.165) is 6.08 Å². The Morgan fingerprint density at radius 2 is 1.51 bits per heavy atom. The predicted molar refractivity (Wildman–Crippen MR) is 157 cm³/mol. The number of ketones is 1. The van der Waals surface area contributed by atoms with Crippen molar-refractivity contribution < 1.29 is 48.2 Å². The van der Waals surface area contributed by atoms with E-state index in [0.29, 0.717) is 32.1 Å². The van der Waals surface area contributed by atoms with Crippen LogP contribution >= 0.6 is 0 Å². The molecule has 2 unspecified atom stereocenters. The molecule has 0 heterocycles. The summed E-state index contributed by atoms with van der Waals surface area (Å²) < 4.78 is 146. The zero-order valence-electron chi connectivity index (χ0n) is 31.7. The van der Waals surface area contributed by atoms with E-state index in [-0.39, 0.29) is 43.0 Å². The van der Waals surface area contributed by atoms with Crippen molar-refractivity contribution >= 4 is 22.4 Å². The van der Waals surface area contributed by atoms with Gasteiger partial charge in [-0.25, -0.2) is 0 Å². The van der Waals surface area contributed by atoms with Crippen LogP contribution in [0.2, 0.25) is 39.3 Å². The van der Waals surface area contributed by atoms with E-state index in [1.54, 1.807) is 26.6 Å². The van der Waals surface area contributed by atoms with Gasteiger partial charge in [-0.2, -0.15) is 26.3 Å². The van der Waals surface area contributed by atoms with E-state index in [1.807, 2.05) is 6.92 Å². The summed E-state index contributed by atoms with van der Waals surface area (Å²) >= 11 is 0. The number of carbonyl (C=O) groups is 1. The monoisotopic (exact) mass is 636 g/mol. The second-order valence-electron chi connectivity index (χ2n) is 14.6. The summed E-state index contributed by atoms with van der Waals surface area (Å²) in [5.41, 5.74) is -8.64. The van der Waals surface area contributed by atoms with Crippen molar-refractivity contribution in [2.24, 2.45) is 22.7 Å². The summed E-state index contributed by atoms with van der Waals surface area (Å²) in [5.74, 6) is -0.530. The molecule has 41 heavy (non-hydrogen) atoms. The summed E-state index contributed by atoms with van der Waals surface area (Å²) in [5, 5.41) is 0. The van der Waals surface area contributed by atoms with Crippen molar-refractivity contribution in [1.82, 2.24) is 0 Å². The van der Waals surface area contributed by atoms with Crippen molar-refractivity contribution in [1.29, 1.82) is 0 Å². The second kappa shape index (κ2) is 12.0. The Morgan fingerprint density at radius 1 is 0.951 bits per heavy atom. The number of allylic oxidation sites excluding steroid dienone is 1. The highest BCUT2D eigenvalue weighted by molar-refractivity contribution is 6.70. The Labute approximate surface area is 253 Å². The molecule has 0 bridgehead atoms. The van der Waals surface area contributed by atoms with Crippen molar-refractivity contribution in [2.75, 3.05) is 0 Å². The van der Waals surface area contributed by atoms with Crippen LogP contribution < -0.4 is 0 Å². The van der Waals surface area contributed by atoms with Crippen molar-refractivity contribution in [3.05, 3.63) is 12.2 Å². The molecule has 2 aliphatic carbocycles. The molecule has 0 aromatic carbocycles. The van der Waals surface area contributed by atoms with E-state index in [9.17, 15) is 31.1 Å². The van der Waals surface area contributed by atoms with Gasteiger partial charge in [-0.1, -0.05) is 26.3 Å². The Kier molecular flexibility index (Phi) is 8.17. The molecule has 0 N–H and O–H groups in total. The van der Waals surface area contributed by atoms with Gasteiger partial charge in [0, 0.05) is 20.6 Å². The number of carbonyl (C=O) groups excluding carboxylic acids is 1. The first-order valence-corrected chi connectivity index (χ1v) is 21.2. The Balaban J connectivity index is 2.65. The first-order chi connectivity index (χ1) is 20.7. The topological polar surface area (TPSA) is 35.5 Å². The van der Waals surface area contributed by atoms with Gasteiger partial charge in [0.15, 0.2) is 16.6 Å². The molecule has 2 aliphatic rings. The molecule has 3 nitrogen and oxygen atoms in total. The number of hydrogen-bond donors (Lipinski definition) is 0. The minimum Gasteiger partial charge on any atom is -0.413 e. The summed E-state index contributed by atoms with van der Waals surface area (Å²) in [7, 11) is -6.19. The molecular weight excluding hydrogens is 578 g/mol. The largest absolute Gasteiger partial charge is 0.429 e. The Hall–Kier alpha value is -0.656. The lowest BCUT2D eigenvalue weighted by Gasteiger charge is -2.48. The van der Waals surface area contributed by atoms with Gasteiger partial charge >= 0.3 is 12.4 Å². The predicted octanol–water partition coefficient (Wildman–Crippen LogP) is 10.2. The van der Waals surface area contributed by atoms with E-state index in [1.165, 1.54) is 19.6 Å². The van der Waals surface area contributed by atoms with Gasteiger partial charge < -0.3 is 8.85 Å². The van der Waals surface area contributed by atoms with Crippen LogP contribution in [0.15, 0.2) is 12.2 Å². The normalized spacial score (nSPS) is 29.7. The lowest BCUT2D eigenvalue weighted by atomic mass is 9.56. The molecule has 4 atom stereocenters. The third-order valence-corrected chi connectivity index (χ3v) is 10.6. The van der Waals surface area contributed by atoms with E-state index in [2.05, 4.69) is 0 Å². The van der Waals surface area contributed by atoms with Gasteiger partial charge in [0.05, 0.1) is 5.60 Å². The van der Waals surface area contributed by atoms with Gasteiger partial charge in [-0.05, 0) is 121 Å².